The number of hydrogen-bond acceptors (Lipinski definition) is 6. The third-order valence-corrected chi connectivity index (χ3v) is 4.59. The molecule has 0 aliphatic heterocycles. The molecule has 0 saturated carbocycles. The minimum atomic E-state index is 0. The zero-order chi connectivity index (χ0) is 17.6. The Kier molecular flexibility index (Phi) is 6.56. The number of halogens is 1. The maximum Gasteiger partial charge on any atom is 0.227 e. The van der Waals surface area contributed by atoms with E-state index in [1.165, 1.54) is 0 Å². The summed E-state index contributed by atoms with van der Waals surface area (Å²) in [5.41, 5.74) is 1.79. The Morgan fingerprint density at radius 3 is 2.89 bits per heavy atom. The second kappa shape index (κ2) is 9.29. The lowest BCUT2D eigenvalue weighted by Gasteiger charge is -2.10. The van der Waals surface area contributed by atoms with Gasteiger partial charge in [0.25, 0.3) is 0 Å². The number of rotatable bonds is 7. The molecule has 0 unspecified atom stereocenters. The lowest BCUT2D eigenvalue weighted by Crippen LogP contribution is -2.06. The molecule has 0 amide bonds. The predicted molar refractivity (Wildman–Crippen MR) is 113 cm³/mol. The first kappa shape index (κ1) is 19.1. The van der Waals surface area contributed by atoms with Gasteiger partial charge in [-0.25, -0.2) is 15.0 Å². The molecule has 8 heteroatoms. The Morgan fingerprint density at radius 2 is 2.07 bits per heavy atom. The van der Waals surface area contributed by atoms with Crippen LogP contribution in [0.4, 0.5) is 11.6 Å². The third kappa shape index (κ3) is 5.15. The summed E-state index contributed by atoms with van der Waals surface area (Å²) in [5, 5.41) is 5.27. The SMILES string of the molecule is Br.c1cc(Nc2nccc(-c3cccs3)n2)cc(OCCn2ccnc2)c1. The van der Waals surface area contributed by atoms with Crippen LogP contribution in [-0.2, 0) is 6.54 Å². The fraction of sp³-hybridized carbons (Fsp3) is 0.105. The van der Waals surface area contributed by atoms with Crippen molar-refractivity contribution in [2.45, 2.75) is 6.54 Å². The molecule has 4 aromatic rings. The van der Waals surface area contributed by atoms with Crippen molar-refractivity contribution >= 4 is 40.0 Å². The van der Waals surface area contributed by atoms with Crippen molar-refractivity contribution in [1.29, 1.82) is 0 Å². The van der Waals surface area contributed by atoms with E-state index in [9.17, 15) is 0 Å². The van der Waals surface area contributed by atoms with Crippen LogP contribution < -0.4 is 10.1 Å². The van der Waals surface area contributed by atoms with Gasteiger partial charge in [0.2, 0.25) is 5.95 Å². The molecule has 3 heterocycles. The van der Waals surface area contributed by atoms with Gasteiger partial charge in [-0.05, 0) is 29.6 Å². The van der Waals surface area contributed by atoms with Crippen LogP contribution in [0.2, 0.25) is 0 Å². The molecule has 0 spiro atoms. The average Bonchev–Trinajstić information content (AvgIpc) is 3.37. The second-order valence-electron chi connectivity index (χ2n) is 5.54. The van der Waals surface area contributed by atoms with Gasteiger partial charge < -0.3 is 14.6 Å². The van der Waals surface area contributed by atoms with E-state index >= 15 is 0 Å². The number of aromatic nitrogens is 4. The monoisotopic (exact) mass is 443 g/mol. The summed E-state index contributed by atoms with van der Waals surface area (Å²) >= 11 is 1.66. The van der Waals surface area contributed by atoms with Gasteiger partial charge in [-0.3, -0.25) is 0 Å². The van der Waals surface area contributed by atoms with Crippen molar-refractivity contribution in [3.8, 4) is 16.3 Å². The number of hydrogen-bond donors (Lipinski definition) is 1. The fourth-order valence-electron chi connectivity index (χ4n) is 2.46. The molecule has 1 aromatic carbocycles. The van der Waals surface area contributed by atoms with Gasteiger partial charge in [-0.15, -0.1) is 28.3 Å². The number of nitrogens with zero attached hydrogens (tertiary/aromatic N) is 4. The van der Waals surface area contributed by atoms with Crippen molar-refractivity contribution in [3.05, 3.63) is 72.8 Å². The maximum absolute atomic E-state index is 5.81. The third-order valence-electron chi connectivity index (χ3n) is 3.70. The first-order valence-electron chi connectivity index (χ1n) is 8.19. The Bertz CT molecular complexity index is 960. The summed E-state index contributed by atoms with van der Waals surface area (Å²) in [6.45, 7) is 1.33. The number of imidazole rings is 1. The molecule has 6 nitrogen and oxygen atoms in total. The zero-order valence-electron chi connectivity index (χ0n) is 14.4. The molecule has 0 atom stereocenters. The molecule has 0 aliphatic rings. The Balaban J connectivity index is 0.00000210. The molecule has 0 aliphatic carbocycles. The molecule has 0 bridgehead atoms. The standard InChI is InChI=1S/C19H17N5OS.BrH/c1-3-15(13-16(4-1)25-11-10-24-9-8-20-14-24)22-19-21-7-6-17(23-19)18-5-2-12-26-18;/h1-9,12-14H,10-11H2,(H,21,22,23);1H. The summed E-state index contributed by atoms with van der Waals surface area (Å²) in [6.07, 6.45) is 7.21. The summed E-state index contributed by atoms with van der Waals surface area (Å²) in [7, 11) is 0. The van der Waals surface area contributed by atoms with Gasteiger partial charge in [-0.1, -0.05) is 12.1 Å². The van der Waals surface area contributed by atoms with Gasteiger partial charge in [0.15, 0.2) is 0 Å². The fourth-order valence-corrected chi connectivity index (χ4v) is 3.16. The average molecular weight is 444 g/mol. The predicted octanol–water partition coefficient (Wildman–Crippen LogP) is 4.80. The molecule has 27 heavy (non-hydrogen) atoms. The molecule has 4 rings (SSSR count). The van der Waals surface area contributed by atoms with Crippen LogP contribution in [0.15, 0.2) is 72.8 Å². The molecule has 138 valence electrons. The Hall–Kier alpha value is -2.71. The van der Waals surface area contributed by atoms with Crippen LogP contribution in [0.1, 0.15) is 0 Å². The van der Waals surface area contributed by atoms with Crippen LogP contribution in [0.3, 0.4) is 0 Å². The van der Waals surface area contributed by atoms with Crippen molar-refractivity contribution in [2.75, 3.05) is 11.9 Å². The molecular formula is C19H18BrN5OS. The van der Waals surface area contributed by atoms with Crippen LogP contribution in [0, 0.1) is 0 Å². The van der Waals surface area contributed by atoms with Gasteiger partial charge in [0.05, 0.1) is 23.4 Å². The molecule has 1 N–H and O–H groups in total. The zero-order valence-corrected chi connectivity index (χ0v) is 16.9. The van der Waals surface area contributed by atoms with E-state index in [2.05, 4.69) is 20.3 Å². The summed E-state index contributed by atoms with van der Waals surface area (Å²) in [5.74, 6) is 1.36. The smallest absolute Gasteiger partial charge is 0.227 e. The quantitative estimate of drug-likeness (QED) is 0.444. The van der Waals surface area contributed by atoms with Crippen molar-refractivity contribution < 1.29 is 4.74 Å². The topological polar surface area (TPSA) is 64.9 Å². The van der Waals surface area contributed by atoms with Crippen molar-refractivity contribution in [3.63, 3.8) is 0 Å². The highest BCUT2D eigenvalue weighted by molar-refractivity contribution is 8.93. The second-order valence-corrected chi connectivity index (χ2v) is 6.49. The van der Waals surface area contributed by atoms with Crippen LogP contribution in [0.25, 0.3) is 10.6 Å². The van der Waals surface area contributed by atoms with E-state index in [1.54, 1.807) is 30.1 Å². The summed E-state index contributed by atoms with van der Waals surface area (Å²) in [4.78, 5) is 14.0. The first-order chi connectivity index (χ1) is 12.9. The molecule has 3 aromatic heterocycles. The number of thiophene rings is 1. The lowest BCUT2D eigenvalue weighted by molar-refractivity contribution is 0.298. The van der Waals surface area contributed by atoms with Gasteiger partial charge in [0.1, 0.15) is 12.4 Å². The normalized spacial score (nSPS) is 10.2. The Morgan fingerprint density at radius 1 is 1.11 bits per heavy atom. The summed E-state index contributed by atoms with van der Waals surface area (Å²) < 4.78 is 7.79. The molecule has 0 radical (unpaired) electrons. The number of anilines is 2. The number of ether oxygens (including phenoxy) is 1. The number of benzene rings is 1. The highest BCUT2D eigenvalue weighted by Gasteiger charge is 2.04. The maximum atomic E-state index is 5.81. The summed E-state index contributed by atoms with van der Waals surface area (Å²) in [6, 6.07) is 13.7. The Labute approximate surface area is 171 Å². The van der Waals surface area contributed by atoms with E-state index in [0.29, 0.717) is 12.6 Å². The lowest BCUT2D eigenvalue weighted by atomic mass is 10.3. The van der Waals surface area contributed by atoms with E-state index < -0.39 is 0 Å². The molecule has 0 saturated heterocycles. The largest absolute Gasteiger partial charge is 0.492 e. The molecular weight excluding hydrogens is 426 g/mol. The van der Waals surface area contributed by atoms with Crippen LogP contribution in [0.5, 0.6) is 5.75 Å². The molecule has 0 fully saturated rings. The van der Waals surface area contributed by atoms with Gasteiger partial charge in [-0.2, -0.15) is 0 Å². The van der Waals surface area contributed by atoms with Crippen LogP contribution in [-0.4, -0.2) is 26.1 Å². The van der Waals surface area contributed by atoms with E-state index in [1.807, 2.05) is 58.6 Å². The van der Waals surface area contributed by atoms with Gasteiger partial charge >= 0.3 is 0 Å². The highest BCUT2D eigenvalue weighted by atomic mass is 79.9. The van der Waals surface area contributed by atoms with E-state index in [0.717, 1.165) is 28.6 Å². The number of nitrogens with one attached hydrogen (secondary N) is 1. The minimum absolute atomic E-state index is 0. The van der Waals surface area contributed by atoms with E-state index in [-0.39, 0.29) is 17.0 Å². The van der Waals surface area contributed by atoms with Crippen molar-refractivity contribution in [1.82, 2.24) is 19.5 Å². The highest BCUT2D eigenvalue weighted by Crippen LogP contribution is 2.24. The van der Waals surface area contributed by atoms with Crippen LogP contribution >= 0.6 is 28.3 Å². The van der Waals surface area contributed by atoms with Crippen molar-refractivity contribution in [2.24, 2.45) is 0 Å². The first-order valence-corrected chi connectivity index (χ1v) is 9.07. The minimum Gasteiger partial charge on any atom is -0.492 e. The van der Waals surface area contributed by atoms with E-state index in [4.69, 9.17) is 4.74 Å². The van der Waals surface area contributed by atoms with Gasteiger partial charge in [0, 0.05) is 30.3 Å².